The van der Waals surface area contributed by atoms with E-state index >= 15 is 0 Å². The molecule has 0 bridgehead atoms. The summed E-state index contributed by atoms with van der Waals surface area (Å²) in [6.45, 7) is 5.77. The quantitative estimate of drug-likeness (QED) is 0.667. The zero-order chi connectivity index (χ0) is 8.10. The maximum absolute atomic E-state index is 4.15. The van der Waals surface area contributed by atoms with Gasteiger partial charge in [0.25, 0.3) is 0 Å². The Hall–Kier alpha value is -0.410. The van der Waals surface area contributed by atoms with Crippen molar-refractivity contribution in [1.29, 1.82) is 0 Å². The van der Waals surface area contributed by atoms with Gasteiger partial charge in [0, 0.05) is 6.20 Å². The van der Waals surface area contributed by atoms with Crippen LogP contribution in [-0.4, -0.2) is 4.98 Å². The largest absolute Gasteiger partial charge is 0.249 e. The van der Waals surface area contributed by atoms with Gasteiger partial charge in [-0.3, -0.25) is 0 Å². The van der Waals surface area contributed by atoms with E-state index < -0.39 is 0 Å². The van der Waals surface area contributed by atoms with Crippen molar-refractivity contribution in [2.24, 2.45) is 0 Å². The van der Waals surface area contributed by atoms with Gasteiger partial charge < -0.3 is 0 Å². The smallest absolute Gasteiger partial charge is 0.107 e. The zero-order valence-electron chi connectivity index (χ0n) is 6.28. The molecule has 3 heteroatoms. The molecule has 0 atom stereocenters. The molecule has 1 nitrogen and oxygen atoms in total. The standard InChI is InChI=1S/C8H9NS2/c1-7(2)10-11-8-5-3-4-6-9-8/h3-6H,1H2,2H3. The van der Waals surface area contributed by atoms with Gasteiger partial charge in [-0.15, -0.1) is 0 Å². The Morgan fingerprint density at radius 2 is 2.36 bits per heavy atom. The van der Waals surface area contributed by atoms with Crippen molar-refractivity contribution in [3.05, 3.63) is 35.9 Å². The van der Waals surface area contributed by atoms with Crippen molar-refractivity contribution in [3.63, 3.8) is 0 Å². The van der Waals surface area contributed by atoms with Crippen LogP contribution in [0.2, 0.25) is 0 Å². The molecule has 1 aromatic heterocycles. The Morgan fingerprint density at radius 1 is 1.55 bits per heavy atom. The summed E-state index contributed by atoms with van der Waals surface area (Å²) in [4.78, 5) is 5.25. The van der Waals surface area contributed by atoms with Gasteiger partial charge in [-0.2, -0.15) is 0 Å². The molecule has 0 radical (unpaired) electrons. The SMILES string of the molecule is C=C(C)SSc1ccccn1. The third-order valence-electron chi connectivity index (χ3n) is 0.907. The lowest BCUT2D eigenvalue weighted by Gasteiger charge is -1.96. The van der Waals surface area contributed by atoms with E-state index in [4.69, 9.17) is 0 Å². The number of hydrogen-bond donors (Lipinski definition) is 0. The van der Waals surface area contributed by atoms with Gasteiger partial charge in [0.2, 0.25) is 0 Å². The van der Waals surface area contributed by atoms with Gasteiger partial charge in [0.1, 0.15) is 5.03 Å². The average molecular weight is 183 g/mol. The normalized spacial score (nSPS) is 9.55. The number of allylic oxidation sites excluding steroid dienone is 1. The number of aromatic nitrogens is 1. The first-order valence-electron chi connectivity index (χ1n) is 3.20. The number of pyridine rings is 1. The fourth-order valence-electron chi connectivity index (χ4n) is 0.510. The van der Waals surface area contributed by atoms with Crippen LogP contribution in [0, 0.1) is 0 Å². The first-order chi connectivity index (χ1) is 5.29. The van der Waals surface area contributed by atoms with Crippen LogP contribution >= 0.6 is 21.6 Å². The molecular formula is C8H9NS2. The van der Waals surface area contributed by atoms with E-state index in [0.717, 1.165) is 9.93 Å². The van der Waals surface area contributed by atoms with Crippen molar-refractivity contribution >= 4 is 21.6 Å². The van der Waals surface area contributed by atoms with Gasteiger partial charge >= 0.3 is 0 Å². The van der Waals surface area contributed by atoms with Crippen molar-refractivity contribution in [3.8, 4) is 0 Å². The molecule has 58 valence electrons. The number of nitrogens with zero attached hydrogens (tertiary/aromatic N) is 1. The summed E-state index contributed by atoms with van der Waals surface area (Å²) in [7, 11) is 3.28. The monoisotopic (exact) mass is 183 g/mol. The van der Waals surface area contributed by atoms with Crippen LogP contribution in [0.4, 0.5) is 0 Å². The summed E-state index contributed by atoms with van der Waals surface area (Å²) in [6.07, 6.45) is 1.79. The summed E-state index contributed by atoms with van der Waals surface area (Å²) in [5, 5.41) is 1.03. The minimum Gasteiger partial charge on any atom is -0.249 e. The summed E-state index contributed by atoms with van der Waals surface area (Å²) >= 11 is 0. The summed E-state index contributed by atoms with van der Waals surface area (Å²) in [5.74, 6) is 0. The van der Waals surface area contributed by atoms with E-state index in [1.807, 2.05) is 25.1 Å². The molecule has 1 rings (SSSR count). The van der Waals surface area contributed by atoms with Crippen LogP contribution in [-0.2, 0) is 0 Å². The minimum atomic E-state index is 1.03. The lowest BCUT2D eigenvalue weighted by atomic mass is 10.5. The van der Waals surface area contributed by atoms with E-state index in [0.29, 0.717) is 0 Å². The van der Waals surface area contributed by atoms with Crippen molar-refractivity contribution < 1.29 is 0 Å². The van der Waals surface area contributed by atoms with Gasteiger partial charge in [0.05, 0.1) is 0 Å². The molecule has 0 saturated heterocycles. The van der Waals surface area contributed by atoms with Gasteiger partial charge in [0.15, 0.2) is 0 Å². The van der Waals surface area contributed by atoms with Crippen LogP contribution in [0.15, 0.2) is 40.9 Å². The van der Waals surface area contributed by atoms with Crippen LogP contribution in [0.5, 0.6) is 0 Å². The second-order valence-electron chi connectivity index (χ2n) is 2.04. The molecule has 0 aliphatic heterocycles. The second-order valence-corrected chi connectivity index (χ2v) is 4.49. The fraction of sp³-hybridized carbons (Fsp3) is 0.125. The maximum Gasteiger partial charge on any atom is 0.107 e. The number of hydrogen-bond acceptors (Lipinski definition) is 3. The van der Waals surface area contributed by atoms with E-state index in [2.05, 4.69) is 11.6 Å². The Kier molecular flexibility index (Phi) is 3.52. The zero-order valence-corrected chi connectivity index (χ0v) is 7.91. The predicted octanol–water partition coefficient (Wildman–Crippen LogP) is 3.36. The highest BCUT2D eigenvalue weighted by atomic mass is 33.1. The highest BCUT2D eigenvalue weighted by molar-refractivity contribution is 8.78. The lowest BCUT2D eigenvalue weighted by Crippen LogP contribution is -1.72. The van der Waals surface area contributed by atoms with Crippen LogP contribution in [0.3, 0.4) is 0 Å². The van der Waals surface area contributed by atoms with E-state index in [-0.39, 0.29) is 0 Å². The van der Waals surface area contributed by atoms with E-state index in [1.165, 1.54) is 0 Å². The molecule has 0 amide bonds. The summed E-state index contributed by atoms with van der Waals surface area (Å²) in [6, 6.07) is 5.88. The minimum absolute atomic E-state index is 1.03. The molecule has 1 aromatic rings. The molecule has 0 saturated carbocycles. The molecule has 0 unspecified atom stereocenters. The third kappa shape index (κ3) is 3.49. The second kappa shape index (κ2) is 4.46. The predicted molar refractivity (Wildman–Crippen MR) is 52.5 cm³/mol. The topological polar surface area (TPSA) is 12.9 Å². The maximum atomic E-state index is 4.15. The Balaban J connectivity index is 2.45. The molecule has 11 heavy (non-hydrogen) atoms. The summed E-state index contributed by atoms with van der Waals surface area (Å²) in [5.41, 5.74) is 0. The Morgan fingerprint density at radius 3 is 2.91 bits per heavy atom. The van der Waals surface area contributed by atoms with Crippen molar-refractivity contribution in [2.45, 2.75) is 11.9 Å². The van der Waals surface area contributed by atoms with Crippen molar-refractivity contribution in [1.82, 2.24) is 4.98 Å². The summed E-state index contributed by atoms with van der Waals surface area (Å²) < 4.78 is 0. The highest BCUT2D eigenvalue weighted by Crippen LogP contribution is 2.33. The molecular weight excluding hydrogens is 174 g/mol. The van der Waals surface area contributed by atoms with Gasteiger partial charge in [-0.05, 0) is 34.8 Å². The Bertz CT molecular complexity index is 233. The van der Waals surface area contributed by atoms with E-state index in [9.17, 15) is 0 Å². The molecule has 0 aliphatic rings. The van der Waals surface area contributed by atoms with Gasteiger partial charge in [-0.25, -0.2) is 4.98 Å². The lowest BCUT2D eigenvalue weighted by molar-refractivity contribution is 1.14. The van der Waals surface area contributed by atoms with Crippen molar-refractivity contribution in [2.75, 3.05) is 0 Å². The molecule has 0 N–H and O–H groups in total. The average Bonchev–Trinajstić information content (AvgIpc) is 2.03. The van der Waals surface area contributed by atoms with Crippen LogP contribution < -0.4 is 0 Å². The van der Waals surface area contributed by atoms with Crippen LogP contribution in [0.25, 0.3) is 0 Å². The third-order valence-corrected chi connectivity index (χ3v) is 3.30. The fourth-order valence-corrected chi connectivity index (χ4v) is 1.95. The van der Waals surface area contributed by atoms with E-state index in [1.54, 1.807) is 27.8 Å². The molecule has 0 spiro atoms. The highest BCUT2D eigenvalue weighted by Gasteiger charge is 1.93. The molecule has 0 fully saturated rings. The first kappa shape index (κ1) is 8.68. The van der Waals surface area contributed by atoms with Gasteiger partial charge in [-0.1, -0.05) is 23.4 Å². The first-order valence-corrected chi connectivity index (χ1v) is 5.35. The van der Waals surface area contributed by atoms with Crippen LogP contribution in [0.1, 0.15) is 6.92 Å². The number of rotatable bonds is 3. The molecule has 0 aliphatic carbocycles. The molecule has 0 aromatic carbocycles. The molecule has 1 heterocycles. The Labute approximate surface area is 74.7 Å².